The monoisotopic (exact) mass is 1170 g/mol. The molecule has 2 aromatic rings. The predicted octanol–water partition coefficient (Wildman–Crippen LogP) is 4.11. The average molecular weight is 1180 g/mol. The molecule has 1 heterocycles. The van der Waals surface area contributed by atoms with Gasteiger partial charge >= 0.3 is 0 Å². The molecule has 10 atom stereocenters. The number of nitrogens with one attached hydrogen (secondary N) is 7. The standard InChI is InChI=1S/C62H98N10O12/c1-15-39(6)54(71(12)62(81)52(37(2)3)68-61(80)53(38(4)5)70(10)11)49(82-13)35-51(74)72-33-19-22-48(72)55(83-14)40(7)56(75)67-47(34-42-20-17-16-18-21-42)60(79)69-84-36-43-23-29-46(30-24-43)66-57(76)41(8)65-50(73)31-32-64-59(78)45-27-25-44(26-28-45)58(77)63-9/h16-18,20-21,23-24,29-30,37-41,44-45,47-49,52-55H,15,19,22,25-28,31-36H2,1-14H3,(H,63,77)(H,64,78)(H,65,73)(H,66,76)(H,67,75)(H,68,80)(H,69,79)/t39-,40+,41+,44-,45-,47-,48-,49+,52-,53-,54-,55+/m0/s1. The van der Waals surface area contributed by atoms with Gasteiger partial charge in [-0.1, -0.05) is 97.4 Å². The van der Waals surface area contributed by atoms with Crippen LogP contribution in [-0.2, 0) is 70.5 Å². The lowest BCUT2D eigenvalue weighted by atomic mass is 9.81. The summed E-state index contributed by atoms with van der Waals surface area (Å²) < 4.78 is 12.1. The number of ether oxygens (including phenoxy) is 2. The normalized spacial score (nSPS) is 19.3. The first-order chi connectivity index (χ1) is 39.9. The molecule has 468 valence electrons. The third-order valence-electron chi connectivity index (χ3n) is 16.6. The number of likely N-dealkylation sites (N-methyl/N-ethyl adjacent to an activating group) is 2. The van der Waals surface area contributed by atoms with Gasteiger partial charge in [0.1, 0.15) is 18.1 Å². The van der Waals surface area contributed by atoms with E-state index in [2.05, 4.69) is 37.4 Å². The van der Waals surface area contributed by atoms with Crippen molar-refractivity contribution in [3.8, 4) is 0 Å². The summed E-state index contributed by atoms with van der Waals surface area (Å²) in [5.74, 6) is -4.23. The van der Waals surface area contributed by atoms with Crippen LogP contribution in [0.5, 0.6) is 0 Å². The van der Waals surface area contributed by atoms with Crippen molar-refractivity contribution in [3.05, 3.63) is 65.7 Å². The molecule has 2 fully saturated rings. The average Bonchev–Trinajstić information content (AvgIpc) is 4.17. The van der Waals surface area contributed by atoms with Crippen LogP contribution >= 0.6 is 0 Å². The van der Waals surface area contributed by atoms with Crippen molar-refractivity contribution in [2.45, 2.75) is 175 Å². The van der Waals surface area contributed by atoms with Crippen LogP contribution in [0.25, 0.3) is 0 Å². The molecule has 2 aliphatic rings. The zero-order valence-corrected chi connectivity index (χ0v) is 52.2. The minimum absolute atomic E-state index is 0.00549. The Morgan fingerprint density at radius 2 is 1.33 bits per heavy atom. The first-order valence-corrected chi connectivity index (χ1v) is 29.9. The van der Waals surface area contributed by atoms with Gasteiger partial charge in [-0.05, 0) is 101 Å². The predicted molar refractivity (Wildman–Crippen MR) is 320 cm³/mol. The summed E-state index contributed by atoms with van der Waals surface area (Å²) in [6.45, 7) is 15.5. The number of nitrogens with zero attached hydrogens (tertiary/aromatic N) is 3. The van der Waals surface area contributed by atoms with E-state index < -0.39 is 78.0 Å². The zero-order valence-electron chi connectivity index (χ0n) is 52.2. The van der Waals surface area contributed by atoms with Gasteiger partial charge < -0.3 is 51.2 Å². The van der Waals surface area contributed by atoms with E-state index in [0.717, 1.165) is 5.56 Å². The molecule has 0 radical (unpaired) electrons. The Morgan fingerprint density at radius 3 is 1.89 bits per heavy atom. The van der Waals surface area contributed by atoms with Crippen LogP contribution in [0.3, 0.4) is 0 Å². The summed E-state index contributed by atoms with van der Waals surface area (Å²) in [5, 5.41) is 16.8. The molecule has 1 aliphatic heterocycles. The van der Waals surface area contributed by atoms with Gasteiger partial charge in [-0.15, -0.1) is 0 Å². The van der Waals surface area contributed by atoms with E-state index in [0.29, 0.717) is 62.7 Å². The van der Waals surface area contributed by atoms with Gasteiger partial charge in [-0.25, -0.2) is 5.48 Å². The Hall–Kier alpha value is -6.49. The highest BCUT2D eigenvalue weighted by molar-refractivity contribution is 5.97. The highest BCUT2D eigenvalue weighted by atomic mass is 16.7. The quantitative estimate of drug-likeness (QED) is 0.0509. The van der Waals surface area contributed by atoms with E-state index in [9.17, 15) is 43.2 Å². The van der Waals surface area contributed by atoms with Crippen LogP contribution in [0, 0.1) is 35.5 Å². The molecule has 0 aromatic heterocycles. The third kappa shape index (κ3) is 20.4. The number of rotatable bonds is 32. The van der Waals surface area contributed by atoms with Crippen LogP contribution in [-0.4, -0.2) is 172 Å². The summed E-state index contributed by atoms with van der Waals surface area (Å²) in [4.78, 5) is 132. The molecular formula is C62H98N10O12. The highest BCUT2D eigenvalue weighted by Gasteiger charge is 2.44. The third-order valence-corrected chi connectivity index (χ3v) is 16.6. The SMILES string of the molecule is CC[C@H](C)[C@@H]([C@@H](CC(=O)N1CCC[C@H]1[C@H](OC)[C@@H](C)C(=O)N[C@@H](Cc1ccccc1)C(=O)NOCc1ccc(NC(=O)[C@@H](C)NC(=O)CCNC(=O)[C@H]2CC[C@H](C(=O)NC)CC2)cc1)OC)N(C)C(=O)[C@@H](NC(=O)[C@H](C(C)C)N(C)C)C(C)C. The van der Waals surface area contributed by atoms with Crippen molar-refractivity contribution in [1.29, 1.82) is 0 Å². The molecule has 2 aromatic carbocycles. The van der Waals surface area contributed by atoms with E-state index >= 15 is 0 Å². The molecular weight excluding hydrogens is 1080 g/mol. The molecule has 7 N–H and O–H groups in total. The number of amides is 9. The van der Waals surface area contributed by atoms with Gasteiger partial charge in [0.05, 0.1) is 49.3 Å². The molecule has 1 saturated heterocycles. The molecule has 0 bridgehead atoms. The molecule has 22 nitrogen and oxygen atoms in total. The largest absolute Gasteiger partial charge is 0.379 e. The summed E-state index contributed by atoms with van der Waals surface area (Å²) in [7, 11) is 10.0. The second-order valence-electron chi connectivity index (χ2n) is 23.7. The minimum Gasteiger partial charge on any atom is -0.379 e. The molecule has 1 aliphatic carbocycles. The maximum absolute atomic E-state index is 14.5. The summed E-state index contributed by atoms with van der Waals surface area (Å²) >= 11 is 0. The van der Waals surface area contributed by atoms with Crippen molar-refractivity contribution in [3.63, 3.8) is 0 Å². The molecule has 1 saturated carbocycles. The van der Waals surface area contributed by atoms with Crippen LogP contribution in [0.4, 0.5) is 5.69 Å². The lowest BCUT2D eigenvalue weighted by Gasteiger charge is -2.41. The lowest BCUT2D eigenvalue weighted by Crippen LogP contribution is -2.59. The number of carbonyl (C=O) groups is 9. The van der Waals surface area contributed by atoms with Gasteiger partial charge in [0, 0.05) is 71.8 Å². The van der Waals surface area contributed by atoms with Crippen molar-refractivity contribution in [2.24, 2.45) is 35.5 Å². The summed E-state index contributed by atoms with van der Waals surface area (Å²) in [6.07, 6.45) is 3.02. The number of hydrogen-bond donors (Lipinski definition) is 7. The van der Waals surface area contributed by atoms with E-state index in [-0.39, 0.29) is 91.5 Å². The van der Waals surface area contributed by atoms with Crippen molar-refractivity contribution >= 4 is 58.9 Å². The minimum atomic E-state index is -1.07. The number of hydrogen-bond acceptors (Lipinski definition) is 13. The second-order valence-corrected chi connectivity index (χ2v) is 23.7. The van der Waals surface area contributed by atoms with Gasteiger partial charge in [-0.3, -0.25) is 52.9 Å². The Kier molecular flexibility index (Phi) is 28.7. The molecule has 22 heteroatoms. The zero-order chi connectivity index (χ0) is 62.4. The fourth-order valence-electron chi connectivity index (χ4n) is 11.6. The van der Waals surface area contributed by atoms with Gasteiger partial charge in [0.25, 0.3) is 5.91 Å². The first-order valence-electron chi connectivity index (χ1n) is 29.9. The van der Waals surface area contributed by atoms with E-state index in [1.807, 2.05) is 90.9 Å². The number of methoxy groups -OCH3 is 2. The highest BCUT2D eigenvalue weighted by Crippen LogP contribution is 2.31. The first kappa shape index (κ1) is 70.0. The van der Waals surface area contributed by atoms with Crippen molar-refractivity contribution < 1.29 is 57.5 Å². The van der Waals surface area contributed by atoms with E-state index in [4.69, 9.17) is 14.3 Å². The van der Waals surface area contributed by atoms with Crippen LogP contribution in [0.2, 0.25) is 0 Å². The van der Waals surface area contributed by atoms with E-state index in [1.54, 1.807) is 62.0 Å². The summed E-state index contributed by atoms with van der Waals surface area (Å²) in [5.41, 5.74) is 4.39. The molecule has 0 spiro atoms. The molecule has 0 unspecified atom stereocenters. The fourth-order valence-corrected chi connectivity index (χ4v) is 11.6. The maximum atomic E-state index is 14.5. The smallest absolute Gasteiger partial charge is 0.266 e. The van der Waals surface area contributed by atoms with E-state index in [1.165, 1.54) is 14.2 Å². The van der Waals surface area contributed by atoms with Crippen LogP contribution in [0.1, 0.15) is 124 Å². The van der Waals surface area contributed by atoms with Gasteiger partial charge in [-0.2, -0.15) is 0 Å². The van der Waals surface area contributed by atoms with Crippen molar-refractivity contribution in [2.75, 3.05) is 60.8 Å². The Labute approximate surface area is 498 Å². The Morgan fingerprint density at radius 1 is 0.702 bits per heavy atom. The number of hydroxylamine groups is 1. The van der Waals surface area contributed by atoms with Crippen molar-refractivity contribution in [1.82, 2.24) is 46.8 Å². The Balaban J connectivity index is 1.34. The molecule has 4 rings (SSSR count). The maximum Gasteiger partial charge on any atom is 0.266 e. The summed E-state index contributed by atoms with van der Waals surface area (Å²) in [6, 6.07) is 11.7. The molecule has 9 amide bonds. The number of anilines is 1. The fraction of sp³-hybridized carbons (Fsp3) is 0.661. The Bertz CT molecular complexity index is 2460. The van der Waals surface area contributed by atoms with Gasteiger partial charge in [0.15, 0.2) is 0 Å². The van der Waals surface area contributed by atoms with Crippen LogP contribution < -0.4 is 37.4 Å². The van der Waals surface area contributed by atoms with Gasteiger partial charge in [0.2, 0.25) is 47.3 Å². The molecule has 84 heavy (non-hydrogen) atoms. The number of benzene rings is 2. The second kappa shape index (κ2) is 34.5. The topological polar surface area (TPSA) is 275 Å². The number of carbonyl (C=O) groups excluding carboxylic acids is 9. The number of likely N-dealkylation sites (tertiary alicyclic amines) is 1. The lowest BCUT2D eigenvalue weighted by molar-refractivity contribution is -0.148. The van der Waals surface area contributed by atoms with Crippen LogP contribution in [0.15, 0.2) is 54.6 Å².